The van der Waals surface area contributed by atoms with Gasteiger partial charge in [-0.3, -0.25) is 14.7 Å². The van der Waals surface area contributed by atoms with E-state index in [-0.39, 0.29) is 5.91 Å². The molecule has 2 heterocycles. The maximum absolute atomic E-state index is 12.5. The zero-order chi connectivity index (χ0) is 16.2. The molecule has 1 amide bonds. The molecular weight excluding hydrogens is 378 g/mol. The minimum absolute atomic E-state index is 0.0428. The summed E-state index contributed by atoms with van der Waals surface area (Å²) in [6.07, 6.45) is 3.30. The van der Waals surface area contributed by atoms with Crippen LogP contribution >= 0.6 is 27.5 Å². The number of halogens is 2. The normalized spacial score (nSPS) is 15.7. The van der Waals surface area contributed by atoms with Crippen molar-refractivity contribution in [3.63, 3.8) is 0 Å². The van der Waals surface area contributed by atoms with Crippen molar-refractivity contribution in [1.82, 2.24) is 14.8 Å². The van der Waals surface area contributed by atoms with Crippen molar-refractivity contribution in [3.05, 3.63) is 63.3 Å². The molecule has 0 N–H and O–H groups in total. The van der Waals surface area contributed by atoms with E-state index in [1.807, 2.05) is 29.2 Å². The van der Waals surface area contributed by atoms with Crippen molar-refractivity contribution < 1.29 is 4.79 Å². The number of carbonyl (C=O) groups is 1. The molecule has 1 aromatic heterocycles. The summed E-state index contributed by atoms with van der Waals surface area (Å²) >= 11 is 9.38. The second-order valence-corrected chi connectivity index (χ2v) is 6.94. The third-order valence-corrected chi connectivity index (χ3v) is 4.58. The molecule has 1 aliphatic rings. The Kier molecular flexibility index (Phi) is 5.30. The first-order valence-corrected chi connectivity index (χ1v) is 8.65. The molecule has 6 heteroatoms. The van der Waals surface area contributed by atoms with Crippen molar-refractivity contribution in [2.45, 2.75) is 6.54 Å². The highest BCUT2D eigenvalue weighted by Crippen LogP contribution is 2.16. The Balaban J connectivity index is 1.57. The van der Waals surface area contributed by atoms with Gasteiger partial charge in [0.2, 0.25) is 0 Å². The Bertz CT molecular complexity index is 702. The second-order valence-electron chi connectivity index (χ2n) is 5.59. The summed E-state index contributed by atoms with van der Waals surface area (Å²) in [5, 5.41) is 0.762. The molecule has 23 heavy (non-hydrogen) atoms. The third kappa shape index (κ3) is 4.31. The van der Waals surface area contributed by atoms with Gasteiger partial charge in [-0.25, -0.2) is 0 Å². The number of hydrogen-bond donors (Lipinski definition) is 0. The van der Waals surface area contributed by atoms with Crippen molar-refractivity contribution in [3.8, 4) is 0 Å². The first-order chi connectivity index (χ1) is 11.1. The minimum Gasteiger partial charge on any atom is -0.336 e. The highest BCUT2D eigenvalue weighted by Gasteiger charge is 2.22. The largest absolute Gasteiger partial charge is 0.336 e. The number of carbonyl (C=O) groups excluding carboxylic acids is 1. The molecule has 0 aliphatic carbocycles. The van der Waals surface area contributed by atoms with E-state index in [9.17, 15) is 4.79 Å². The monoisotopic (exact) mass is 393 g/mol. The van der Waals surface area contributed by atoms with Gasteiger partial charge in [-0.05, 0) is 39.7 Å². The number of amides is 1. The van der Waals surface area contributed by atoms with Gasteiger partial charge in [0.1, 0.15) is 0 Å². The summed E-state index contributed by atoms with van der Waals surface area (Å²) in [6.45, 7) is 4.04. The van der Waals surface area contributed by atoms with Gasteiger partial charge in [0.15, 0.2) is 0 Å². The van der Waals surface area contributed by atoms with Gasteiger partial charge in [0.05, 0.1) is 5.56 Å². The van der Waals surface area contributed by atoms with Crippen LogP contribution < -0.4 is 0 Å². The quantitative estimate of drug-likeness (QED) is 0.800. The fourth-order valence-corrected chi connectivity index (χ4v) is 3.29. The molecule has 1 fully saturated rings. The zero-order valence-corrected chi connectivity index (χ0v) is 14.9. The van der Waals surface area contributed by atoms with Crippen LogP contribution in [0.25, 0.3) is 0 Å². The molecule has 0 saturated carbocycles. The van der Waals surface area contributed by atoms with Crippen LogP contribution in [0.3, 0.4) is 0 Å². The van der Waals surface area contributed by atoms with Crippen LogP contribution in [0.2, 0.25) is 5.02 Å². The summed E-state index contributed by atoms with van der Waals surface area (Å²) in [5.41, 5.74) is 1.83. The molecule has 0 atom stereocenters. The Morgan fingerprint density at radius 1 is 1.17 bits per heavy atom. The molecule has 0 bridgehead atoms. The smallest absolute Gasteiger partial charge is 0.255 e. The maximum Gasteiger partial charge on any atom is 0.255 e. The standard InChI is InChI=1S/C17H17BrClN3O/c18-15-9-14(10-20-11-15)17(23)22-6-4-21(5-7-22)12-13-2-1-3-16(19)8-13/h1-3,8-11H,4-7,12H2. The van der Waals surface area contributed by atoms with Gasteiger partial charge in [-0.1, -0.05) is 23.7 Å². The van der Waals surface area contributed by atoms with Crippen LogP contribution in [0.4, 0.5) is 0 Å². The molecule has 3 rings (SSSR count). The highest BCUT2D eigenvalue weighted by molar-refractivity contribution is 9.10. The van der Waals surface area contributed by atoms with Gasteiger partial charge in [-0.2, -0.15) is 0 Å². The van der Waals surface area contributed by atoms with Crippen molar-refractivity contribution >= 4 is 33.4 Å². The van der Waals surface area contributed by atoms with E-state index in [2.05, 4.69) is 31.9 Å². The third-order valence-electron chi connectivity index (χ3n) is 3.91. The summed E-state index contributed by atoms with van der Waals surface area (Å²) in [4.78, 5) is 20.8. The average molecular weight is 395 g/mol. The van der Waals surface area contributed by atoms with Crippen LogP contribution in [-0.2, 0) is 6.54 Å². The van der Waals surface area contributed by atoms with Gasteiger partial charge < -0.3 is 4.90 Å². The van der Waals surface area contributed by atoms with Crippen molar-refractivity contribution in [1.29, 1.82) is 0 Å². The minimum atomic E-state index is 0.0428. The van der Waals surface area contributed by atoms with E-state index >= 15 is 0 Å². The highest BCUT2D eigenvalue weighted by atomic mass is 79.9. The molecule has 0 unspecified atom stereocenters. The Morgan fingerprint density at radius 3 is 2.65 bits per heavy atom. The number of rotatable bonds is 3. The molecule has 4 nitrogen and oxygen atoms in total. The number of pyridine rings is 1. The fraction of sp³-hybridized carbons (Fsp3) is 0.294. The lowest BCUT2D eigenvalue weighted by Gasteiger charge is -2.34. The van der Waals surface area contributed by atoms with Crippen LogP contribution in [0.1, 0.15) is 15.9 Å². The molecule has 0 spiro atoms. The van der Waals surface area contributed by atoms with E-state index < -0.39 is 0 Å². The van der Waals surface area contributed by atoms with Gasteiger partial charge in [-0.15, -0.1) is 0 Å². The van der Waals surface area contributed by atoms with Gasteiger partial charge >= 0.3 is 0 Å². The number of piperazine rings is 1. The fourth-order valence-electron chi connectivity index (χ4n) is 2.71. The van der Waals surface area contributed by atoms with Crippen molar-refractivity contribution in [2.24, 2.45) is 0 Å². The van der Waals surface area contributed by atoms with E-state index in [1.165, 1.54) is 5.56 Å². The molecule has 120 valence electrons. The Labute approximate surface area is 149 Å². The Morgan fingerprint density at radius 2 is 1.96 bits per heavy atom. The molecule has 0 radical (unpaired) electrons. The predicted octanol–water partition coefficient (Wildman–Crippen LogP) is 3.46. The molecular formula is C17H17BrClN3O. The lowest BCUT2D eigenvalue weighted by Crippen LogP contribution is -2.48. The van der Waals surface area contributed by atoms with E-state index in [0.29, 0.717) is 5.56 Å². The number of nitrogens with zero attached hydrogens (tertiary/aromatic N) is 3. The lowest BCUT2D eigenvalue weighted by molar-refractivity contribution is 0.0628. The summed E-state index contributed by atoms with van der Waals surface area (Å²) < 4.78 is 0.822. The average Bonchev–Trinajstić information content (AvgIpc) is 2.55. The Hall–Kier alpha value is -1.43. The number of aromatic nitrogens is 1. The van der Waals surface area contributed by atoms with Crippen LogP contribution in [0.15, 0.2) is 47.2 Å². The van der Waals surface area contributed by atoms with Crippen LogP contribution in [0, 0.1) is 0 Å². The molecule has 2 aromatic rings. The number of benzene rings is 1. The van der Waals surface area contributed by atoms with E-state index in [1.54, 1.807) is 12.4 Å². The van der Waals surface area contributed by atoms with Crippen molar-refractivity contribution in [2.75, 3.05) is 26.2 Å². The molecule has 1 aliphatic heterocycles. The number of hydrogen-bond acceptors (Lipinski definition) is 3. The maximum atomic E-state index is 12.5. The topological polar surface area (TPSA) is 36.4 Å². The predicted molar refractivity (Wildman–Crippen MR) is 94.6 cm³/mol. The SMILES string of the molecule is O=C(c1cncc(Br)c1)N1CCN(Cc2cccc(Cl)c2)CC1. The first-order valence-electron chi connectivity index (χ1n) is 7.48. The van der Waals surface area contributed by atoms with E-state index in [0.717, 1.165) is 42.2 Å². The summed E-state index contributed by atoms with van der Waals surface area (Å²) in [6, 6.07) is 9.74. The summed E-state index contributed by atoms with van der Waals surface area (Å²) in [5.74, 6) is 0.0428. The van der Waals surface area contributed by atoms with Gasteiger partial charge in [0.25, 0.3) is 5.91 Å². The first kappa shape index (κ1) is 16.4. The molecule has 1 aromatic carbocycles. The van der Waals surface area contributed by atoms with Crippen LogP contribution in [-0.4, -0.2) is 46.9 Å². The van der Waals surface area contributed by atoms with E-state index in [4.69, 9.17) is 11.6 Å². The zero-order valence-electron chi connectivity index (χ0n) is 12.6. The lowest BCUT2D eigenvalue weighted by atomic mass is 10.2. The summed E-state index contributed by atoms with van der Waals surface area (Å²) in [7, 11) is 0. The second kappa shape index (κ2) is 7.43. The molecule has 1 saturated heterocycles. The van der Waals surface area contributed by atoms with Crippen LogP contribution in [0.5, 0.6) is 0 Å². The van der Waals surface area contributed by atoms with Gasteiger partial charge in [0, 0.05) is 54.6 Å².